The van der Waals surface area contributed by atoms with Crippen LogP contribution in [0.1, 0.15) is 11.1 Å². The number of aryl methyl sites for hydroxylation is 1. The van der Waals surface area contributed by atoms with Gasteiger partial charge in [-0.1, -0.05) is 0 Å². The molecule has 0 unspecified atom stereocenters. The van der Waals surface area contributed by atoms with E-state index >= 15 is 0 Å². The average Bonchev–Trinajstić information content (AvgIpc) is 2.84. The molecule has 102 valence electrons. The predicted octanol–water partition coefficient (Wildman–Crippen LogP) is 1.73. The first-order valence-corrected chi connectivity index (χ1v) is 6.12. The largest absolute Gasteiger partial charge is 0.497 e. The molecule has 0 aliphatic heterocycles. The molecule has 1 N–H and O–H groups in total. The topological polar surface area (TPSA) is 48.3 Å². The van der Waals surface area contributed by atoms with Gasteiger partial charge in [0.2, 0.25) is 0 Å². The van der Waals surface area contributed by atoms with Crippen molar-refractivity contribution in [3.05, 3.63) is 41.7 Å². The molecule has 5 heteroatoms. The molecule has 0 fully saturated rings. The Labute approximate surface area is 113 Å². The zero-order chi connectivity index (χ0) is 13.7. The maximum absolute atomic E-state index is 5.34. The molecule has 2 rings (SSSR count). The number of nitrogens with zero attached hydrogens (tertiary/aromatic N) is 2. The van der Waals surface area contributed by atoms with Crippen LogP contribution in [0.4, 0.5) is 0 Å². The van der Waals surface area contributed by atoms with Gasteiger partial charge in [0.25, 0.3) is 0 Å². The first-order valence-electron chi connectivity index (χ1n) is 6.12. The van der Waals surface area contributed by atoms with Crippen molar-refractivity contribution in [3.8, 4) is 11.5 Å². The Hall–Kier alpha value is -2.01. The molecule has 0 aliphatic rings. The van der Waals surface area contributed by atoms with E-state index in [-0.39, 0.29) is 0 Å². The second-order valence-electron chi connectivity index (χ2n) is 4.30. The van der Waals surface area contributed by atoms with Crippen LogP contribution in [0.3, 0.4) is 0 Å². The fourth-order valence-electron chi connectivity index (χ4n) is 1.92. The number of methoxy groups -OCH3 is 2. The normalized spacial score (nSPS) is 10.5. The number of hydrogen-bond donors (Lipinski definition) is 1. The minimum absolute atomic E-state index is 0.718. The Morgan fingerprint density at radius 2 is 2.05 bits per heavy atom. The number of benzene rings is 1. The van der Waals surface area contributed by atoms with Crippen molar-refractivity contribution >= 4 is 0 Å². The first kappa shape index (κ1) is 13.4. The Morgan fingerprint density at radius 1 is 1.21 bits per heavy atom. The van der Waals surface area contributed by atoms with Crippen LogP contribution in [-0.2, 0) is 20.1 Å². The van der Waals surface area contributed by atoms with E-state index in [1.165, 1.54) is 0 Å². The van der Waals surface area contributed by atoms with E-state index in [1.807, 2.05) is 37.6 Å². The van der Waals surface area contributed by atoms with E-state index in [4.69, 9.17) is 9.47 Å². The highest BCUT2D eigenvalue weighted by molar-refractivity contribution is 5.40. The predicted molar refractivity (Wildman–Crippen MR) is 73.3 cm³/mol. The summed E-state index contributed by atoms with van der Waals surface area (Å²) in [5, 5.41) is 7.50. The minimum Gasteiger partial charge on any atom is -0.497 e. The zero-order valence-electron chi connectivity index (χ0n) is 11.5. The number of aromatic nitrogens is 2. The fourth-order valence-corrected chi connectivity index (χ4v) is 1.92. The van der Waals surface area contributed by atoms with Gasteiger partial charge in [0.05, 0.1) is 20.4 Å². The minimum atomic E-state index is 0.718. The highest BCUT2D eigenvalue weighted by Crippen LogP contribution is 2.23. The van der Waals surface area contributed by atoms with Gasteiger partial charge < -0.3 is 14.8 Å². The SMILES string of the molecule is COc1ccc(OC)c(CNCc2cnn(C)c2)c1. The molecule has 1 aromatic heterocycles. The van der Waals surface area contributed by atoms with Crippen LogP contribution in [-0.4, -0.2) is 24.0 Å². The molecule has 0 bridgehead atoms. The second kappa shape index (κ2) is 6.24. The second-order valence-corrected chi connectivity index (χ2v) is 4.30. The third-order valence-electron chi connectivity index (χ3n) is 2.89. The van der Waals surface area contributed by atoms with Gasteiger partial charge >= 0.3 is 0 Å². The van der Waals surface area contributed by atoms with E-state index in [0.717, 1.165) is 35.7 Å². The molecule has 2 aromatic rings. The van der Waals surface area contributed by atoms with Gasteiger partial charge in [0.15, 0.2) is 0 Å². The molecule has 19 heavy (non-hydrogen) atoms. The molecule has 0 atom stereocenters. The van der Waals surface area contributed by atoms with Crippen LogP contribution in [0.15, 0.2) is 30.6 Å². The quantitative estimate of drug-likeness (QED) is 0.860. The van der Waals surface area contributed by atoms with Gasteiger partial charge in [-0.2, -0.15) is 5.10 Å². The molecule has 0 spiro atoms. The van der Waals surface area contributed by atoms with Crippen molar-refractivity contribution in [3.63, 3.8) is 0 Å². The lowest BCUT2D eigenvalue weighted by Gasteiger charge is -2.11. The number of nitrogens with one attached hydrogen (secondary N) is 1. The first-order chi connectivity index (χ1) is 9.22. The fraction of sp³-hybridized carbons (Fsp3) is 0.357. The number of ether oxygens (including phenoxy) is 2. The lowest BCUT2D eigenvalue weighted by molar-refractivity contribution is 0.397. The molecular formula is C14H19N3O2. The maximum atomic E-state index is 5.34. The van der Waals surface area contributed by atoms with Crippen molar-refractivity contribution in [2.75, 3.05) is 14.2 Å². The van der Waals surface area contributed by atoms with E-state index < -0.39 is 0 Å². The standard InChI is InChI=1S/C14H19N3O2/c1-17-10-11(8-16-17)7-15-9-12-6-13(18-2)4-5-14(12)19-3/h4-6,8,10,15H,7,9H2,1-3H3. The Balaban J connectivity index is 1.98. The Morgan fingerprint density at radius 3 is 2.68 bits per heavy atom. The molecule has 0 amide bonds. The maximum Gasteiger partial charge on any atom is 0.123 e. The molecule has 5 nitrogen and oxygen atoms in total. The van der Waals surface area contributed by atoms with Gasteiger partial charge in [-0.25, -0.2) is 0 Å². The van der Waals surface area contributed by atoms with Crippen molar-refractivity contribution in [2.24, 2.45) is 7.05 Å². The monoisotopic (exact) mass is 261 g/mol. The molecule has 0 radical (unpaired) electrons. The summed E-state index contributed by atoms with van der Waals surface area (Å²) in [5.41, 5.74) is 2.23. The highest BCUT2D eigenvalue weighted by Gasteiger charge is 2.05. The van der Waals surface area contributed by atoms with Gasteiger partial charge in [-0.3, -0.25) is 4.68 Å². The summed E-state index contributed by atoms with van der Waals surface area (Å²) in [6, 6.07) is 5.79. The third kappa shape index (κ3) is 3.48. The Bertz CT molecular complexity index is 537. The summed E-state index contributed by atoms with van der Waals surface area (Å²) in [5.74, 6) is 1.69. The van der Waals surface area contributed by atoms with Crippen molar-refractivity contribution in [1.82, 2.24) is 15.1 Å². The Kier molecular flexibility index (Phi) is 4.41. The van der Waals surface area contributed by atoms with Crippen LogP contribution >= 0.6 is 0 Å². The van der Waals surface area contributed by atoms with E-state index in [9.17, 15) is 0 Å². The number of rotatable bonds is 6. The molecule has 0 saturated carbocycles. The highest BCUT2D eigenvalue weighted by atomic mass is 16.5. The molecular weight excluding hydrogens is 242 g/mol. The van der Waals surface area contributed by atoms with E-state index in [0.29, 0.717) is 0 Å². The van der Waals surface area contributed by atoms with Crippen molar-refractivity contribution in [1.29, 1.82) is 0 Å². The summed E-state index contributed by atoms with van der Waals surface area (Å²) in [6.45, 7) is 1.49. The summed E-state index contributed by atoms with van der Waals surface area (Å²) in [6.07, 6.45) is 3.85. The lowest BCUT2D eigenvalue weighted by Crippen LogP contribution is -2.13. The van der Waals surface area contributed by atoms with Gasteiger partial charge in [-0.05, 0) is 18.2 Å². The smallest absolute Gasteiger partial charge is 0.123 e. The summed E-state index contributed by atoms with van der Waals surface area (Å²) >= 11 is 0. The van der Waals surface area contributed by atoms with Crippen molar-refractivity contribution in [2.45, 2.75) is 13.1 Å². The van der Waals surface area contributed by atoms with Crippen molar-refractivity contribution < 1.29 is 9.47 Å². The average molecular weight is 261 g/mol. The van der Waals surface area contributed by atoms with Gasteiger partial charge in [0.1, 0.15) is 11.5 Å². The molecule has 0 saturated heterocycles. The van der Waals surface area contributed by atoms with Gasteiger partial charge in [-0.15, -0.1) is 0 Å². The molecule has 1 aromatic carbocycles. The van der Waals surface area contributed by atoms with Crippen LogP contribution in [0.25, 0.3) is 0 Å². The molecule has 0 aliphatic carbocycles. The summed E-state index contributed by atoms with van der Waals surface area (Å²) in [7, 11) is 5.25. The van der Waals surface area contributed by atoms with Crippen LogP contribution in [0.2, 0.25) is 0 Å². The van der Waals surface area contributed by atoms with Crippen LogP contribution in [0, 0.1) is 0 Å². The lowest BCUT2D eigenvalue weighted by atomic mass is 10.2. The van der Waals surface area contributed by atoms with Gasteiger partial charge in [0, 0.05) is 37.5 Å². The van der Waals surface area contributed by atoms with Crippen LogP contribution < -0.4 is 14.8 Å². The number of hydrogen-bond acceptors (Lipinski definition) is 4. The summed E-state index contributed by atoms with van der Waals surface area (Å²) in [4.78, 5) is 0. The van der Waals surface area contributed by atoms with E-state index in [2.05, 4.69) is 10.4 Å². The third-order valence-corrected chi connectivity index (χ3v) is 2.89. The molecule has 1 heterocycles. The van der Waals surface area contributed by atoms with Crippen LogP contribution in [0.5, 0.6) is 11.5 Å². The summed E-state index contributed by atoms with van der Waals surface area (Å²) < 4.78 is 12.4. The zero-order valence-corrected chi connectivity index (χ0v) is 11.5. The van der Waals surface area contributed by atoms with E-state index in [1.54, 1.807) is 18.9 Å².